The molecule has 0 saturated heterocycles. The van der Waals surface area contributed by atoms with Crippen molar-refractivity contribution in [3.05, 3.63) is 5.15 Å². The molecule has 0 aromatic carbocycles. The maximum atomic E-state index is 11.2. The van der Waals surface area contributed by atoms with Crippen LogP contribution in [0.1, 0.15) is 6.92 Å². The standard InChI is InChI=1S/C10H16ClN5O3/c1-3-18-10(17)19-9-7(13)15-8(6(11)14-9)16(2)5-4-12/h3-5,12H2,1-2H3,(H2,13,15). The summed E-state index contributed by atoms with van der Waals surface area (Å²) >= 11 is 5.95. The third-order valence-electron chi connectivity index (χ3n) is 2.10. The first kappa shape index (κ1) is 15.3. The Labute approximate surface area is 115 Å². The normalized spacial score (nSPS) is 10.1. The molecule has 0 aliphatic heterocycles. The predicted octanol–water partition coefficient (Wildman–Crippen LogP) is 0.642. The molecule has 1 heterocycles. The molecule has 0 radical (unpaired) electrons. The molecule has 1 aromatic heterocycles. The van der Waals surface area contributed by atoms with Crippen molar-refractivity contribution >= 4 is 29.4 Å². The molecule has 1 aromatic rings. The topological polar surface area (TPSA) is 117 Å². The fraction of sp³-hybridized carbons (Fsp3) is 0.500. The lowest BCUT2D eigenvalue weighted by Gasteiger charge is -2.18. The number of anilines is 2. The van der Waals surface area contributed by atoms with Crippen LogP contribution in [0.3, 0.4) is 0 Å². The van der Waals surface area contributed by atoms with Gasteiger partial charge < -0.3 is 25.8 Å². The molecule has 1 rings (SSSR count). The second-order valence-electron chi connectivity index (χ2n) is 3.52. The highest BCUT2D eigenvalue weighted by molar-refractivity contribution is 6.31. The number of nitrogens with two attached hydrogens (primary N) is 2. The van der Waals surface area contributed by atoms with Gasteiger partial charge in [0.25, 0.3) is 5.88 Å². The van der Waals surface area contributed by atoms with E-state index >= 15 is 0 Å². The van der Waals surface area contributed by atoms with Gasteiger partial charge >= 0.3 is 6.16 Å². The summed E-state index contributed by atoms with van der Waals surface area (Å²) in [5.41, 5.74) is 11.1. The van der Waals surface area contributed by atoms with Crippen molar-refractivity contribution in [2.75, 3.05) is 37.4 Å². The maximum absolute atomic E-state index is 11.2. The van der Waals surface area contributed by atoms with Gasteiger partial charge in [-0.15, -0.1) is 0 Å². The van der Waals surface area contributed by atoms with Crippen LogP contribution in [0, 0.1) is 0 Å². The predicted molar refractivity (Wildman–Crippen MR) is 71.4 cm³/mol. The summed E-state index contributed by atoms with van der Waals surface area (Å²) in [7, 11) is 1.74. The second-order valence-corrected chi connectivity index (χ2v) is 3.88. The third kappa shape index (κ3) is 4.11. The number of ether oxygens (including phenoxy) is 2. The SMILES string of the molecule is CCOC(=O)Oc1nc(Cl)c(N(C)CCN)nc1N. The smallest absolute Gasteiger partial charge is 0.434 e. The van der Waals surface area contributed by atoms with Crippen molar-refractivity contribution < 1.29 is 14.3 Å². The zero-order valence-corrected chi connectivity index (χ0v) is 11.5. The number of hydrogen-bond acceptors (Lipinski definition) is 8. The van der Waals surface area contributed by atoms with Crippen LogP contribution in [0.25, 0.3) is 0 Å². The molecule has 19 heavy (non-hydrogen) atoms. The van der Waals surface area contributed by atoms with Crippen LogP contribution in [-0.2, 0) is 4.74 Å². The van der Waals surface area contributed by atoms with Gasteiger partial charge in [-0.2, -0.15) is 4.98 Å². The summed E-state index contributed by atoms with van der Waals surface area (Å²) in [6, 6.07) is 0. The van der Waals surface area contributed by atoms with Crippen LogP contribution in [0.15, 0.2) is 0 Å². The number of nitrogen functional groups attached to an aromatic ring is 1. The van der Waals surface area contributed by atoms with Gasteiger partial charge in [-0.05, 0) is 6.92 Å². The molecule has 0 fully saturated rings. The van der Waals surface area contributed by atoms with Crippen molar-refractivity contribution in [1.29, 1.82) is 0 Å². The minimum atomic E-state index is -0.914. The van der Waals surface area contributed by atoms with Crippen LogP contribution in [0.2, 0.25) is 5.15 Å². The van der Waals surface area contributed by atoms with Gasteiger partial charge in [0, 0.05) is 20.1 Å². The van der Waals surface area contributed by atoms with E-state index in [0.717, 1.165) is 0 Å². The molecule has 0 bridgehead atoms. The molecule has 8 nitrogen and oxygen atoms in total. The number of carbonyl (C=O) groups excluding carboxylic acids is 1. The first-order valence-electron chi connectivity index (χ1n) is 5.58. The van der Waals surface area contributed by atoms with Gasteiger partial charge in [0.15, 0.2) is 16.8 Å². The van der Waals surface area contributed by atoms with Gasteiger partial charge in [0.2, 0.25) is 0 Å². The maximum Gasteiger partial charge on any atom is 0.515 e. The van der Waals surface area contributed by atoms with E-state index in [1.54, 1.807) is 18.9 Å². The Morgan fingerprint density at radius 3 is 2.74 bits per heavy atom. The molecule has 4 N–H and O–H groups in total. The largest absolute Gasteiger partial charge is 0.515 e. The van der Waals surface area contributed by atoms with Crippen molar-refractivity contribution in [2.24, 2.45) is 5.73 Å². The fourth-order valence-electron chi connectivity index (χ4n) is 1.25. The molecule has 0 unspecified atom stereocenters. The summed E-state index contributed by atoms with van der Waals surface area (Å²) in [6.45, 7) is 2.78. The Morgan fingerprint density at radius 2 is 2.16 bits per heavy atom. The monoisotopic (exact) mass is 289 g/mol. The summed E-state index contributed by atoms with van der Waals surface area (Å²) in [4.78, 5) is 20.7. The number of rotatable bonds is 5. The highest BCUT2D eigenvalue weighted by Crippen LogP contribution is 2.27. The summed E-state index contributed by atoms with van der Waals surface area (Å²) in [6.07, 6.45) is -0.914. The molecule has 9 heteroatoms. The zero-order valence-electron chi connectivity index (χ0n) is 10.7. The number of carbonyl (C=O) groups is 1. The van der Waals surface area contributed by atoms with E-state index in [4.69, 9.17) is 27.8 Å². The van der Waals surface area contributed by atoms with E-state index in [9.17, 15) is 4.79 Å². The highest BCUT2D eigenvalue weighted by atomic mass is 35.5. The van der Waals surface area contributed by atoms with E-state index in [2.05, 4.69) is 14.7 Å². The number of halogens is 1. The Morgan fingerprint density at radius 1 is 1.47 bits per heavy atom. The first-order chi connectivity index (χ1) is 8.99. The quantitative estimate of drug-likeness (QED) is 0.759. The fourth-order valence-corrected chi connectivity index (χ4v) is 1.51. The van der Waals surface area contributed by atoms with E-state index < -0.39 is 6.16 Å². The molecule has 0 aliphatic rings. The van der Waals surface area contributed by atoms with Crippen molar-refractivity contribution in [1.82, 2.24) is 9.97 Å². The van der Waals surface area contributed by atoms with Crippen molar-refractivity contribution in [3.63, 3.8) is 0 Å². The summed E-state index contributed by atoms with van der Waals surface area (Å²) in [5.74, 6) is 0.116. The highest BCUT2D eigenvalue weighted by Gasteiger charge is 2.17. The summed E-state index contributed by atoms with van der Waals surface area (Å²) < 4.78 is 9.38. The first-order valence-corrected chi connectivity index (χ1v) is 5.96. The van der Waals surface area contributed by atoms with Crippen LogP contribution >= 0.6 is 11.6 Å². The third-order valence-corrected chi connectivity index (χ3v) is 2.35. The van der Waals surface area contributed by atoms with E-state index in [1.165, 1.54) is 0 Å². The molecular weight excluding hydrogens is 274 g/mol. The van der Waals surface area contributed by atoms with Crippen LogP contribution < -0.4 is 21.1 Å². The molecule has 0 atom stereocenters. The van der Waals surface area contributed by atoms with Crippen LogP contribution in [-0.4, -0.2) is 42.9 Å². The van der Waals surface area contributed by atoms with Gasteiger partial charge in [-0.25, -0.2) is 9.78 Å². The lowest BCUT2D eigenvalue weighted by Crippen LogP contribution is -2.26. The van der Waals surface area contributed by atoms with E-state index in [1.807, 2.05) is 0 Å². The Hall–Kier alpha value is -1.80. The van der Waals surface area contributed by atoms with Crippen molar-refractivity contribution in [3.8, 4) is 5.88 Å². The number of likely N-dealkylation sites (N-methyl/N-ethyl adjacent to an activating group) is 1. The van der Waals surface area contributed by atoms with Gasteiger partial charge in [0.1, 0.15) is 0 Å². The molecule has 0 spiro atoms. The average Bonchev–Trinajstić information content (AvgIpc) is 2.34. The number of aromatic nitrogens is 2. The van der Waals surface area contributed by atoms with Gasteiger partial charge in [-0.1, -0.05) is 11.6 Å². The number of nitrogens with zero attached hydrogens (tertiary/aromatic N) is 3. The Balaban J connectivity index is 2.93. The lowest BCUT2D eigenvalue weighted by atomic mass is 10.5. The molecule has 106 valence electrons. The lowest BCUT2D eigenvalue weighted by molar-refractivity contribution is 0.103. The Bertz CT molecular complexity index is 457. The molecular formula is C10H16ClN5O3. The molecule has 0 aliphatic carbocycles. The minimum Gasteiger partial charge on any atom is -0.434 e. The van der Waals surface area contributed by atoms with Gasteiger partial charge in [0.05, 0.1) is 6.61 Å². The van der Waals surface area contributed by atoms with E-state index in [0.29, 0.717) is 18.9 Å². The van der Waals surface area contributed by atoms with Crippen LogP contribution in [0.4, 0.5) is 16.4 Å². The second kappa shape index (κ2) is 6.95. The van der Waals surface area contributed by atoms with Crippen LogP contribution in [0.5, 0.6) is 5.88 Å². The molecule has 0 saturated carbocycles. The number of hydrogen-bond donors (Lipinski definition) is 2. The van der Waals surface area contributed by atoms with E-state index in [-0.39, 0.29) is 23.5 Å². The van der Waals surface area contributed by atoms with Crippen molar-refractivity contribution in [2.45, 2.75) is 6.92 Å². The minimum absolute atomic E-state index is 0.0590. The molecule has 0 amide bonds. The Kier molecular flexibility index (Phi) is 5.58. The average molecular weight is 290 g/mol. The summed E-state index contributed by atoms with van der Waals surface area (Å²) in [5, 5.41) is 0.0597. The van der Waals surface area contributed by atoms with Gasteiger partial charge in [-0.3, -0.25) is 0 Å². The zero-order chi connectivity index (χ0) is 14.4.